The highest BCUT2D eigenvalue weighted by Crippen LogP contribution is 2.28. The van der Waals surface area contributed by atoms with E-state index in [0.29, 0.717) is 12.5 Å². The highest BCUT2D eigenvalue weighted by molar-refractivity contribution is 5.46. The van der Waals surface area contributed by atoms with Crippen molar-refractivity contribution in [2.45, 2.75) is 32.9 Å². The van der Waals surface area contributed by atoms with E-state index in [2.05, 4.69) is 69.5 Å². The Morgan fingerprint density at radius 2 is 1.63 bits per heavy atom. The quantitative estimate of drug-likeness (QED) is 0.596. The lowest BCUT2D eigenvalue weighted by Crippen LogP contribution is -2.48. The van der Waals surface area contributed by atoms with E-state index in [9.17, 15) is 4.39 Å². The van der Waals surface area contributed by atoms with Gasteiger partial charge in [0.05, 0.1) is 12.6 Å². The molecule has 4 rings (SSSR count). The molecule has 0 saturated carbocycles. The van der Waals surface area contributed by atoms with E-state index in [1.165, 1.54) is 17.8 Å². The minimum atomic E-state index is -0.232. The molecule has 0 radical (unpaired) electrons. The topological polar surface area (TPSA) is 50.1 Å². The van der Waals surface area contributed by atoms with Gasteiger partial charge in [-0.1, -0.05) is 44.2 Å². The third-order valence-corrected chi connectivity index (χ3v) is 5.67. The normalized spacial score (nSPS) is 16.2. The predicted molar refractivity (Wildman–Crippen MR) is 116 cm³/mol. The average molecular weight is 409 g/mol. The smallest absolute Gasteiger partial charge is 0.168 e. The molecule has 2 aromatic carbocycles. The molecule has 3 aromatic rings. The summed E-state index contributed by atoms with van der Waals surface area (Å²) in [5.74, 6) is 1.18. The van der Waals surface area contributed by atoms with Crippen molar-refractivity contribution >= 4 is 5.69 Å². The molecule has 6 nitrogen and oxygen atoms in total. The molecule has 7 heteroatoms. The largest absolute Gasteiger partial charge is 0.369 e. The molecule has 1 atom stereocenters. The highest BCUT2D eigenvalue weighted by Gasteiger charge is 2.29. The fraction of sp³-hybridized carbons (Fsp3) is 0.435. The molecular formula is C23H29FN6. The molecule has 0 amide bonds. The summed E-state index contributed by atoms with van der Waals surface area (Å²) in [5, 5.41) is 12.6. The zero-order chi connectivity index (χ0) is 20.9. The van der Waals surface area contributed by atoms with Crippen molar-refractivity contribution in [3.05, 3.63) is 71.8 Å². The Hall–Kier alpha value is -2.80. The summed E-state index contributed by atoms with van der Waals surface area (Å²) in [6.45, 7) is 8.92. The average Bonchev–Trinajstić information content (AvgIpc) is 3.22. The maximum Gasteiger partial charge on any atom is 0.168 e. The monoisotopic (exact) mass is 408 g/mol. The Morgan fingerprint density at radius 3 is 2.30 bits per heavy atom. The van der Waals surface area contributed by atoms with Gasteiger partial charge in [-0.25, -0.2) is 9.07 Å². The van der Waals surface area contributed by atoms with Gasteiger partial charge in [0.2, 0.25) is 0 Å². The van der Waals surface area contributed by atoms with Crippen LogP contribution in [0, 0.1) is 11.7 Å². The van der Waals surface area contributed by atoms with Gasteiger partial charge in [-0.2, -0.15) is 0 Å². The summed E-state index contributed by atoms with van der Waals surface area (Å²) in [6.07, 6.45) is 0.995. The lowest BCUT2D eigenvalue weighted by molar-refractivity contribution is 0.153. The highest BCUT2D eigenvalue weighted by atomic mass is 19.1. The fourth-order valence-electron chi connectivity index (χ4n) is 4.12. The van der Waals surface area contributed by atoms with Gasteiger partial charge in [0.1, 0.15) is 5.82 Å². The van der Waals surface area contributed by atoms with Crippen molar-refractivity contribution in [1.29, 1.82) is 0 Å². The molecule has 30 heavy (non-hydrogen) atoms. The maximum absolute atomic E-state index is 13.3. The molecule has 0 N–H and O–H groups in total. The zero-order valence-corrected chi connectivity index (χ0v) is 17.7. The van der Waals surface area contributed by atoms with Gasteiger partial charge in [0, 0.05) is 31.9 Å². The molecule has 1 aliphatic heterocycles. The van der Waals surface area contributed by atoms with Gasteiger partial charge in [0.15, 0.2) is 5.82 Å². The molecule has 1 saturated heterocycles. The van der Waals surface area contributed by atoms with E-state index in [4.69, 9.17) is 0 Å². The van der Waals surface area contributed by atoms with Crippen LogP contribution < -0.4 is 4.90 Å². The van der Waals surface area contributed by atoms with Gasteiger partial charge >= 0.3 is 0 Å². The van der Waals surface area contributed by atoms with Gasteiger partial charge < -0.3 is 4.90 Å². The van der Waals surface area contributed by atoms with Crippen LogP contribution in [0.5, 0.6) is 0 Å². The van der Waals surface area contributed by atoms with Crippen molar-refractivity contribution in [3.63, 3.8) is 0 Å². The number of hydrogen-bond acceptors (Lipinski definition) is 5. The number of piperazine rings is 1. The number of rotatable bonds is 7. The van der Waals surface area contributed by atoms with E-state index in [1.807, 2.05) is 4.68 Å². The van der Waals surface area contributed by atoms with E-state index in [0.717, 1.165) is 44.0 Å². The van der Waals surface area contributed by atoms with Crippen molar-refractivity contribution < 1.29 is 4.39 Å². The Labute approximate surface area is 177 Å². The molecule has 1 aromatic heterocycles. The standard InChI is InChI=1S/C23H29FN6/c1-18(2)16-22(29-14-12-28(13-15-29)21-6-4-3-5-7-21)23-25-26-27-30(23)17-19-8-10-20(24)11-9-19/h3-11,18,22H,12-17H2,1-2H3/t22-/m0/s1. The first-order valence-corrected chi connectivity index (χ1v) is 10.6. The second-order valence-electron chi connectivity index (χ2n) is 8.33. The first kappa shape index (κ1) is 20.5. The Bertz CT molecular complexity index is 916. The number of tetrazole rings is 1. The molecule has 2 heterocycles. The number of anilines is 1. The number of hydrogen-bond donors (Lipinski definition) is 0. The van der Waals surface area contributed by atoms with Gasteiger partial charge in [-0.05, 0) is 52.6 Å². The van der Waals surface area contributed by atoms with Gasteiger partial charge in [-0.3, -0.25) is 4.90 Å². The molecule has 1 aliphatic rings. The third-order valence-electron chi connectivity index (χ3n) is 5.67. The van der Waals surface area contributed by atoms with E-state index in [-0.39, 0.29) is 11.9 Å². The van der Waals surface area contributed by atoms with Crippen molar-refractivity contribution in [3.8, 4) is 0 Å². The van der Waals surface area contributed by atoms with Crippen LogP contribution in [-0.4, -0.2) is 51.3 Å². The summed E-state index contributed by atoms with van der Waals surface area (Å²) >= 11 is 0. The van der Waals surface area contributed by atoms with E-state index < -0.39 is 0 Å². The lowest BCUT2D eigenvalue weighted by atomic mass is 10.0. The summed E-state index contributed by atoms with van der Waals surface area (Å²) < 4.78 is 15.1. The third kappa shape index (κ3) is 4.84. The predicted octanol–water partition coefficient (Wildman–Crippen LogP) is 3.77. The first-order valence-electron chi connectivity index (χ1n) is 10.6. The Kier molecular flexibility index (Phi) is 6.38. The van der Waals surface area contributed by atoms with Crippen molar-refractivity contribution in [2.75, 3.05) is 31.1 Å². The minimum absolute atomic E-state index is 0.165. The minimum Gasteiger partial charge on any atom is -0.369 e. The van der Waals surface area contributed by atoms with Crippen LogP contribution in [0.3, 0.4) is 0 Å². The molecule has 0 aliphatic carbocycles. The molecule has 0 spiro atoms. The van der Waals surface area contributed by atoms with Crippen molar-refractivity contribution in [2.24, 2.45) is 5.92 Å². The molecule has 158 valence electrons. The van der Waals surface area contributed by atoms with Crippen LogP contribution in [0.15, 0.2) is 54.6 Å². The SMILES string of the molecule is CC(C)C[C@@H](c1nnnn1Cc1ccc(F)cc1)N1CCN(c2ccccc2)CC1. The number of aromatic nitrogens is 4. The molecule has 0 unspecified atom stereocenters. The summed E-state index contributed by atoms with van der Waals surface area (Å²) in [7, 11) is 0. The van der Waals surface area contributed by atoms with E-state index >= 15 is 0 Å². The van der Waals surface area contributed by atoms with Crippen LogP contribution >= 0.6 is 0 Å². The van der Waals surface area contributed by atoms with Gasteiger partial charge in [0.25, 0.3) is 0 Å². The fourth-order valence-corrected chi connectivity index (χ4v) is 4.12. The molecule has 1 fully saturated rings. The van der Waals surface area contributed by atoms with Gasteiger partial charge in [-0.15, -0.1) is 5.10 Å². The Morgan fingerprint density at radius 1 is 0.933 bits per heavy atom. The zero-order valence-electron chi connectivity index (χ0n) is 17.7. The summed E-state index contributed by atoms with van der Waals surface area (Å²) in [4.78, 5) is 4.94. The Balaban J connectivity index is 1.50. The summed E-state index contributed by atoms with van der Waals surface area (Å²) in [6, 6.07) is 17.3. The number of benzene rings is 2. The maximum atomic E-state index is 13.3. The number of para-hydroxylation sites is 1. The first-order chi connectivity index (χ1) is 14.6. The lowest BCUT2D eigenvalue weighted by Gasteiger charge is -2.40. The number of halogens is 1. The molecular weight excluding hydrogens is 379 g/mol. The van der Waals surface area contributed by atoms with E-state index in [1.54, 1.807) is 12.1 Å². The van der Waals surface area contributed by atoms with Crippen molar-refractivity contribution in [1.82, 2.24) is 25.1 Å². The van der Waals surface area contributed by atoms with Crippen LogP contribution in [0.25, 0.3) is 0 Å². The van der Waals surface area contributed by atoms with Crippen LogP contribution in [0.1, 0.15) is 37.7 Å². The van der Waals surface area contributed by atoms with Crippen LogP contribution in [-0.2, 0) is 6.54 Å². The van der Waals surface area contributed by atoms with Crippen LogP contribution in [0.2, 0.25) is 0 Å². The second kappa shape index (κ2) is 9.34. The molecule has 0 bridgehead atoms. The second-order valence-corrected chi connectivity index (χ2v) is 8.33. The number of nitrogens with zero attached hydrogens (tertiary/aromatic N) is 6. The summed E-state index contributed by atoms with van der Waals surface area (Å²) in [5.41, 5.74) is 2.26. The van der Waals surface area contributed by atoms with Crippen LogP contribution in [0.4, 0.5) is 10.1 Å².